The van der Waals surface area contributed by atoms with E-state index in [1.54, 1.807) is 0 Å². The fourth-order valence-corrected chi connectivity index (χ4v) is 3.79. The summed E-state index contributed by atoms with van der Waals surface area (Å²) < 4.78 is 0. The van der Waals surface area contributed by atoms with Crippen LogP contribution in [-0.4, -0.2) is 35.6 Å². The van der Waals surface area contributed by atoms with Crippen LogP contribution in [0.15, 0.2) is 48.8 Å². The number of pyridine rings is 1. The first-order chi connectivity index (χ1) is 10.9. The molecular formula is C19H24ClN3. The summed E-state index contributed by atoms with van der Waals surface area (Å²) in [5, 5.41) is 3.77. The van der Waals surface area contributed by atoms with E-state index in [0.717, 1.165) is 12.5 Å². The van der Waals surface area contributed by atoms with Crippen LogP contribution in [0, 0.1) is 5.92 Å². The second kappa shape index (κ2) is 7.43. The molecule has 1 aromatic heterocycles. The molecule has 3 nitrogen and oxygen atoms in total. The lowest BCUT2D eigenvalue weighted by Crippen LogP contribution is -2.55. The zero-order chi connectivity index (χ0) is 14.8. The molecule has 2 bridgehead atoms. The Labute approximate surface area is 144 Å². The number of nitrogens with one attached hydrogen (secondary N) is 1. The standard InChI is InChI=1S/C19H23N3.ClH/c1-2-18(13-20-9-1)16-5-3-15(4-6-16)12-21-19-14-22-10-7-17(19)8-11-22;/h1-6,9,13,17,19,21H,7-8,10-12,14H2;1H. The largest absolute Gasteiger partial charge is 0.308 e. The Morgan fingerprint density at radius 3 is 2.43 bits per heavy atom. The topological polar surface area (TPSA) is 28.2 Å². The molecule has 0 saturated carbocycles. The van der Waals surface area contributed by atoms with Crippen LogP contribution in [0.2, 0.25) is 0 Å². The molecule has 1 N–H and O–H groups in total. The summed E-state index contributed by atoms with van der Waals surface area (Å²) in [5.41, 5.74) is 3.78. The lowest BCUT2D eigenvalue weighted by Gasteiger charge is -2.45. The van der Waals surface area contributed by atoms with E-state index in [1.807, 2.05) is 18.5 Å². The Hall–Kier alpha value is -1.42. The van der Waals surface area contributed by atoms with Gasteiger partial charge in [-0.1, -0.05) is 30.3 Å². The summed E-state index contributed by atoms with van der Waals surface area (Å²) in [6.45, 7) is 4.83. The van der Waals surface area contributed by atoms with E-state index in [4.69, 9.17) is 0 Å². The molecule has 0 aliphatic carbocycles. The lowest BCUT2D eigenvalue weighted by molar-refractivity contribution is 0.0720. The number of hydrogen-bond donors (Lipinski definition) is 1. The summed E-state index contributed by atoms with van der Waals surface area (Å²) in [6.07, 6.45) is 6.48. The van der Waals surface area contributed by atoms with Gasteiger partial charge < -0.3 is 10.2 Å². The van der Waals surface area contributed by atoms with Crippen LogP contribution >= 0.6 is 12.4 Å². The van der Waals surface area contributed by atoms with Gasteiger partial charge in [-0.3, -0.25) is 4.98 Å². The first kappa shape index (κ1) is 16.4. The van der Waals surface area contributed by atoms with Crippen molar-refractivity contribution in [2.75, 3.05) is 19.6 Å². The van der Waals surface area contributed by atoms with Crippen LogP contribution in [0.4, 0.5) is 0 Å². The molecule has 0 amide bonds. The highest BCUT2D eigenvalue weighted by Crippen LogP contribution is 2.27. The highest BCUT2D eigenvalue weighted by Gasteiger charge is 2.33. The van der Waals surface area contributed by atoms with Gasteiger partial charge in [-0.25, -0.2) is 0 Å². The Bertz CT molecular complexity index is 606. The minimum absolute atomic E-state index is 0. The van der Waals surface area contributed by atoms with Crippen molar-refractivity contribution in [3.8, 4) is 11.1 Å². The number of benzene rings is 1. The van der Waals surface area contributed by atoms with Gasteiger partial charge in [0.25, 0.3) is 0 Å². The van der Waals surface area contributed by atoms with Gasteiger partial charge in [0, 0.05) is 31.5 Å². The van der Waals surface area contributed by atoms with Crippen molar-refractivity contribution in [1.29, 1.82) is 0 Å². The molecule has 4 heterocycles. The summed E-state index contributed by atoms with van der Waals surface area (Å²) in [4.78, 5) is 6.79. The van der Waals surface area contributed by atoms with Gasteiger partial charge in [0.2, 0.25) is 0 Å². The average Bonchev–Trinajstić information content (AvgIpc) is 2.62. The summed E-state index contributed by atoms with van der Waals surface area (Å²) >= 11 is 0. The van der Waals surface area contributed by atoms with E-state index in [1.165, 1.54) is 49.2 Å². The van der Waals surface area contributed by atoms with Gasteiger partial charge in [-0.2, -0.15) is 0 Å². The quantitative estimate of drug-likeness (QED) is 0.932. The first-order valence-electron chi connectivity index (χ1n) is 8.33. The third-order valence-electron chi connectivity index (χ3n) is 5.17. The Morgan fingerprint density at radius 2 is 1.83 bits per heavy atom. The van der Waals surface area contributed by atoms with Crippen molar-refractivity contribution in [2.45, 2.75) is 25.4 Å². The zero-order valence-corrected chi connectivity index (χ0v) is 14.1. The van der Waals surface area contributed by atoms with Crippen LogP contribution in [0.1, 0.15) is 18.4 Å². The van der Waals surface area contributed by atoms with Gasteiger partial charge in [0.1, 0.15) is 0 Å². The third kappa shape index (κ3) is 3.74. The second-order valence-corrected chi connectivity index (χ2v) is 6.56. The Kier molecular flexibility index (Phi) is 5.31. The summed E-state index contributed by atoms with van der Waals surface area (Å²) in [7, 11) is 0. The SMILES string of the molecule is Cl.c1cncc(-c2ccc(CNC3CN4CCC3CC4)cc2)c1. The molecule has 5 rings (SSSR count). The van der Waals surface area contributed by atoms with Gasteiger partial charge in [-0.05, 0) is 54.6 Å². The lowest BCUT2D eigenvalue weighted by atomic mass is 9.84. The van der Waals surface area contributed by atoms with E-state index in [0.29, 0.717) is 6.04 Å². The van der Waals surface area contributed by atoms with Crippen LogP contribution < -0.4 is 5.32 Å². The fourth-order valence-electron chi connectivity index (χ4n) is 3.79. The molecule has 3 saturated heterocycles. The number of piperidine rings is 3. The summed E-state index contributed by atoms with van der Waals surface area (Å²) in [6, 6.07) is 13.6. The predicted octanol–water partition coefficient (Wildman–Crippen LogP) is 3.35. The van der Waals surface area contributed by atoms with E-state index in [2.05, 4.69) is 45.5 Å². The number of nitrogens with zero attached hydrogens (tertiary/aromatic N) is 2. The Morgan fingerprint density at radius 1 is 1.04 bits per heavy atom. The molecule has 3 aliphatic heterocycles. The molecule has 0 spiro atoms. The molecule has 2 aromatic rings. The van der Waals surface area contributed by atoms with Crippen LogP contribution in [0.5, 0.6) is 0 Å². The van der Waals surface area contributed by atoms with Gasteiger partial charge >= 0.3 is 0 Å². The molecule has 122 valence electrons. The Balaban J connectivity index is 0.00000156. The normalized spacial score (nSPS) is 25.8. The summed E-state index contributed by atoms with van der Waals surface area (Å²) in [5.74, 6) is 0.889. The van der Waals surface area contributed by atoms with Crippen molar-refractivity contribution >= 4 is 12.4 Å². The molecule has 0 radical (unpaired) electrons. The maximum atomic E-state index is 4.19. The molecule has 3 fully saturated rings. The first-order valence-corrected chi connectivity index (χ1v) is 8.33. The predicted molar refractivity (Wildman–Crippen MR) is 96.7 cm³/mol. The van der Waals surface area contributed by atoms with E-state index in [9.17, 15) is 0 Å². The maximum absolute atomic E-state index is 4.19. The number of hydrogen-bond acceptors (Lipinski definition) is 3. The number of aromatic nitrogens is 1. The van der Waals surface area contributed by atoms with Crippen molar-refractivity contribution in [1.82, 2.24) is 15.2 Å². The molecule has 1 aromatic carbocycles. The van der Waals surface area contributed by atoms with E-state index >= 15 is 0 Å². The zero-order valence-electron chi connectivity index (χ0n) is 13.3. The van der Waals surface area contributed by atoms with Crippen LogP contribution in [0.25, 0.3) is 11.1 Å². The molecular weight excluding hydrogens is 306 g/mol. The smallest absolute Gasteiger partial charge is 0.0346 e. The van der Waals surface area contributed by atoms with Gasteiger partial charge in [0.05, 0.1) is 0 Å². The number of rotatable bonds is 4. The maximum Gasteiger partial charge on any atom is 0.0346 e. The minimum atomic E-state index is 0. The molecule has 3 aliphatic rings. The number of fused-ring (bicyclic) bond motifs is 3. The van der Waals surface area contributed by atoms with E-state index < -0.39 is 0 Å². The molecule has 1 unspecified atom stereocenters. The molecule has 1 atom stereocenters. The highest BCUT2D eigenvalue weighted by molar-refractivity contribution is 5.85. The van der Waals surface area contributed by atoms with Gasteiger partial charge in [0.15, 0.2) is 0 Å². The third-order valence-corrected chi connectivity index (χ3v) is 5.17. The number of halogens is 1. The minimum Gasteiger partial charge on any atom is -0.308 e. The van der Waals surface area contributed by atoms with Crippen molar-refractivity contribution in [3.63, 3.8) is 0 Å². The van der Waals surface area contributed by atoms with E-state index in [-0.39, 0.29) is 12.4 Å². The van der Waals surface area contributed by atoms with Crippen LogP contribution in [0.3, 0.4) is 0 Å². The molecule has 4 heteroatoms. The highest BCUT2D eigenvalue weighted by atomic mass is 35.5. The van der Waals surface area contributed by atoms with Crippen molar-refractivity contribution < 1.29 is 0 Å². The van der Waals surface area contributed by atoms with Crippen molar-refractivity contribution in [3.05, 3.63) is 54.4 Å². The fraction of sp³-hybridized carbons (Fsp3) is 0.421. The van der Waals surface area contributed by atoms with Crippen LogP contribution in [-0.2, 0) is 6.54 Å². The van der Waals surface area contributed by atoms with Crippen molar-refractivity contribution in [2.24, 2.45) is 5.92 Å². The van der Waals surface area contributed by atoms with Gasteiger partial charge in [-0.15, -0.1) is 12.4 Å². The average molecular weight is 330 g/mol. The monoisotopic (exact) mass is 329 g/mol. The second-order valence-electron chi connectivity index (χ2n) is 6.56. The molecule has 23 heavy (non-hydrogen) atoms.